The summed E-state index contributed by atoms with van der Waals surface area (Å²) in [5.74, 6) is 2.85. The van der Waals surface area contributed by atoms with Crippen molar-refractivity contribution in [3.8, 4) is 45.3 Å². The summed E-state index contributed by atoms with van der Waals surface area (Å²) >= 11 is 0. The Morgan fingerprint density at radius 2 is 0.808 bits per heavy atom. The van der Waals surface area contributed by atoms with Crippen LogP contribution in [0.4, 0.5) is 0 Å². The lowest BCUT2D eigenvalue weighted by atomic mass is 9.98. The number of rotatable bonds is 6. The molecule has 0 saturated carbocycles. The Kier molecular flexibility index (Phi) is 5.32. The van der Waals surface area contributed by atoms with Gasteiger partial charge in [0.25, 0.3) is 0 Å². The third kappa shape index (κ3) is 3.45. The largest absolute Gasteiger partial charge is 0.493 e. The van der Waals surface area contributed by atoms with Crippen LogP contribution in [0.2, 0.25) is 0 Å². The first-order valence-corrected chi connectivity index (χ1v) is 8.25. The summed E-state index contributed by atoms with van der Waals surface area (Å²) in [4.78, 5) is 0. The Balaban J connectivity index is 2.01. The molecule has 0 atom stereocenters. The maximum absolute atomic E-state index is 5.41. The normalized spacial score (nSPS) is 10.3. The Morgan fingerprint density at radius 1 is 0.423 bits per heavy atom. The van der Waals surface area contributed by atoms with Gasteiger partial charge in [0.15, 0.2) is 23.0 Å². The van der Waals surface area contributed by atoms with Gasteiger partial charge in [-0.2, -0.15) is 0 Å². The maximum Gasteiger partial charge on any atom is 0.161 e. The zero-order chi connectivity index (χ0) is 18.5. The SMILES string of the molecule is COc1ccc(-c2cccc(-c3ccc(OC)c(OC)c3)c2)cc1OC. The summed E-state index contributed by atoms with van der Waals surface area (Å²) in [7, 11) is 6.55. The highest BCUT2D eigenvalue weighted by molar-refractivity contribution is 5.75. The predicted octanol–water partition coefficient (Wildman–Crippen LogP) is 5.06. The number of benzene rings is 3. The number of hydrogen-bond donors (Lipinski definition) is 0. The van der Waals surface area contributed by atoms with E-state index in [0.29, 0.717) is 23.0 Å². The average Bonchev–Trinajstić information content (AvgIpc) is 2.72. The molecule has 4 heteroatoms. The van der Waals surface area contributed by atoms with E-state index in [2.05, 4.69) is 18.2 Å². The van der Waals surface area contributed by atoms with Crippen molar-refractivity contribution < 1.29 is 18.9 Å². The number of methoxy groups -OCH3 is 4. The van der Waals surface area contributed by atoms with Gasteiger partial charge in [0.2, 0.25) is 0 Å². The Labute approximate surface area is 153 Å². The third-order valence-electron chi connectivity index (χ3n) is 4.30. The summed E-state index contributed by atoms with van der Waals surface area (Å²) in [5.41, 5.74) is 4.31. The zero-order valence-electron chi connectivity index (χ0n) is 15.4. The molecule has 0 fully saturated rings. The highest BCUT2D eigenvalue weighted by atomic mass is 16.5. The van der Waals surface area contributed by atoms with Gasteiger partial charge in [0, 0.05) is 0 Å². The molecule has 3 aromatic carbocycles. The second-order valence-corrected chi connectivity index (χ2v) is 5.72. The van der Waals surface area contributed by atoms with Crippen molar-refractivity contribution in [3.63, 3.8) is 0 Å². The lowest BCUT2D eigenvalue weighted by Gasteiger charge is -2.12. The standard InChI is InChI=1S/C22H22O4/c1-23-19-10-8-17(13-21(19)25-3)15-6-5-7-16(12-15)18-9-11-20(24-2)22(14-18)26-4/h5-14H,1-4H3. The summed E-state index contributed by atoms with van der Waals surface area (Å²) in [6.07, 6.45) is 0. The van der Waals surface area contributed by atoms with Gasteiger partial charge in [0.05, 0.1) is 28.4 Å². The van der Waals surface area contributed by atoms with E-state index in [1.165, 1.54) is 0 Å². The molecule has 4 nitrogen and oxygen atoms in total. The van der Waals surface area contributed by atoms with Gasteiger partial charge in [-0.05, 0) is 52.6 Å². The van der Waals surface area contributed by atoms with Gasteiger partial charge in [-0.25, -0.2) is 0 Å². The summed E-state index contributed by atoms with van der Waals surface area (Å²) < 4.78 is 21.5. The molecule has 3 aromatic rings. The van der Waals surface area contributed by atoms with Crippen molar-refractivity contribution in [2.75, 3.05) is 28.4 Å². The van der Waals surface area contributed by atoms with Crippen molar-refractivity contribution in [1.29, 1.82) is 0 Å². The molecule has 26 heavy (non-hydrogen) atoms. The Morgan fingerprint density at radius 3 is 1.19 bits per heavy atom. The van der Waals surface area contributed by atoms with E-state index in [1.807, 2.05) is 42.5 Å². The van der Waals surface area contributed by atoms with Crippen LogP contribution in [-0.2, 0) is 0 Å². The average molecular weight is 350 g/mol. The monoisotopic (exact) mass is 350 g/mol. The Bertz CT molecular complexity index is 832. The molecule has 0 unspecified atom stereocenters. The minimum atomic E-state index is 0.710. The molecule has 134 valence electrons. The Hall–Kier alpha value is -3.14. The number of ether oxygens (including phenoxy) is 4. The predicted molar refractivity (Wildman–Crippen MR) is 104 cm³/mol. The molecular weight excluding hydrogens is 328 g/mol. The maximum atomic E-state index is 5.41. The number of hydrogen-bond acceptors (Lipinski definition) is 4. The fourth-order valence-electron chi connectivity index (χ4n) is 2.91. The van der Waals surface area contributed by atoms with Gasteiger partial charge < -0.3 is 18.9 Å². The molecule has 0 radical (unpaired) electrons. The van der Waals surface area contributed by atoms with Crippen LogP contribution >= 0.6 is 0 Å². The van der Waals surface area contributed by atoms with Crippen LogP contribution in [-0.4, -0.2) is 28.4 Å². The molecule has 0 aliphatic heterocycles. The lowest BCUT2D eigenvalue weighted by molar-refractivity contribution is 0.355. The van der Waals surface area contributed by atoms with Crippen LogP contribution in [0.5, 0.6) is 23.0 Å². The first kappa shape index (κ1) is 17.7. The van der Waals surface area contributed by atoms with E-state index < -0.39 is 0 Å². The molecule has 0 N–H and O–H groups in total. The van der Waals surface area contributed by atoms with E-state index >= 15 is 0 Å². The smallest absolute Gasteiger partial charge is 0.161 e. The third-order valence-corrected chi connectivity index (χ3v) is 4.30. The fraction of sp³-hybridized carbons (Fsp3) is 0.182. The van der Waals surface area contributed by atoms with E-state index in [1.54, 1.807) is 28.4 Å². The minimum Gasteiger partial charge on any atom is -0.493 e. The quantitative estimate of drug-likeness (QED) is 0.623. The highest BCUT2D eigenvalue weighted by Crippen LogP contribution is 2.36. The van der Waals surface area contributed by atoms with Crippen molar-refractivity contribution in [3.05, 3.63) is 60.7 Å². The van der Waals surface area contributed by atoms with Gasteiger partial charge in [-0.15, -0.1) is 0 Å². The molecule has 0 saturated heterocycles. The first-order valence-electron chi connectivity index (χ1n) is 8.25. The molecule has 3 rings (SSSR count). The van der Waals surface area contributed by atoms with Gasteiger partial charge in [-0.1, -0.05) is 30.3 Å². The molecule has 0 bridgehead atoms. The molecule has 0 heterocycles. The summed E-state index contributed by atoms with van der Waals surface area (Å²) in [6.45, 7) is 0. The van der Waals surface area contributed by atoms with Crippen LogP contribution in [0.3, 0.4) is 0 Å². The minimum absolute atomic E-state index is 0.710. The second-order valence-electron chi connectivity index (χ2n) is 5.72. The molecule has 0 aromatic heterocycles. The highest BCUT2D eigenvalue weighted by Gasteiger charge is 2.09. The molecule has 0 aliphatic rings. The van der Waals surface area contributed by atoms with Gasteiger partial charge in [0.1, 0.15) is 0 Å². The van der Waals surface area contributed by atoms with Crippen molar-refractivity contribution in [2.45, 2.75) is 0 Å². The second kappa shape index (κ2) is 7.83. The molecule has 0 amide bonds. The van der Waals surface area contributed by atoms with Crippen LogP contribution in [0, 0.1) is 0 Å². The van der Waals surface area contributed by atoms with E-state index in [0.717, 1.165) is 22.3 Å². The topological polar surface area (TPSA) is 36.9 Å². The van der Waals surface area contributed by atoms with Gasteiger partial charge >= 0.3 is 0 Å². The fourth-order valence-corrected chi connectivity index (χ4v) is 2.91. The summed E-state index contributed by atoms with van der Waals surface area (Å²) in [5, 5.41) is 0. The van der Waals surface area contributed by atoms with E-state index in [-0.39, 0.29) is 0 Å². The van der Waals surface area contributed by atoms with Crippen LogP contribution in [0.1, 0.15) is 0 Å². The van der Waals surface area contributed by atoms with Crippen LogP contribution in [0.25, 0.3) is 22.3 Å². The van der Waals surface area contributed by atoms with Crippen molar-refractivity contribution in [1.82, 2.24) is 0 Å². The molecular formula is C22H22O4. The van der Waals surface area contributed by atoms with Gasteiger partial charge in [-0.3, -0.25) is 0 Å². The van der Waals surface area contributed by atoms with Crippen LogP contribution < -0.4 is 18.9 Å². The lowest BCUT2D eigenvalue weighted by Crippen LogP contribution is -1.92. The van der Waals surface area contributed by atoms with E-state index in [9.17, 15) is 0 Å². The van der Waals surface area contributed by atoms with Crippen molar-refractivity contribution in [2.24, 2.45) is 0 Å². The first-order chi connectivity index (χ1) is 12.7. The zero-order valence-corrected chi connectivity index (χ0v) is 15.4. The summed E-state index contributed by atoms with van der Waals surface area (Å²) in [6, 6.07) is 20.2. The van der Waals surface area contributed by atoms with E-state index in [4.69, 9.17) is 18.9 Å². The molecule has 0 aliphatic carbocycles. The molecule has 0 spiro atoms. The van der Waals surface area contributed by atoms with Crippen LogP contribution in [0.15, 0.2) is 60.7 Å². The van der Waals surface area contributed by atoms with Crippen molar-refractivity contribution >= 4 is 0 Å².